The van der Waals surface area contributed by atoms with E-state index in [2.05, 4.69) is 30.1 Å². The van der Waals surface area contributed by atoms with Crippen molar-refractivity contribution in [2.75, 3.05) is 63.8 Å². The zero-order chi connectivity index (χ0) is 23.9. The van der Waals surface area contributed by atoms with Crippen LogP contribution in [0.1, 0.15) is 5.82 Å². The highest BCUT2D eigenvalue weighted by Crippen LogP contribution is 2.33. The molecule has 1 aliphatic rings. The molecule has 1 saturated heterocycles. The summed E-state index contributed by atoms with van der Waals surface area (Å²) in [5.74, 6) is 4.39. The van der Waals surface area contributed by atoms with Gasteiger partial charge in [0.05, 0.1) is 20.8 Å². The van der Waals surface area contributed by atoms with Crippen LogP contribution >= 0.6 is 0 Å². The maximum absolute atomic E-state index is 9.13. The van der Waals surface area contributed by atoms with Crippen molar-refractivity contribution in [1.29, 1.82) is 0 Å². The molecule has 1 aromatic heterocycles. The largest absolute Gasteiger partial charge is 0.493 e. The molecular formula is C24H30N6O4. The van der Waals surface area contributed by atoms with Crippen LogP contribution in [-0.2, 0) is 0 Å². The Morgan fingerprint density at radius 1 is 0.882 bits per heavy atom. The van der Waals surface area contributed by atoms with Crippen molar-refractivity contribution in [1.82, 2.24) is 19.9 Å². The molecular weight excluding hydrogens is 436 g/mol. The van der Waals surface area contributed by atoms with E-state index in [0.29, 0.717) is 47.3 Å². The van der Waals surface area contributed by atoms with Gasteiger partial charge < -0.3 is 29.5 Å². The molecule has 0 atom stereocenters. The van der Waals surface area contributed by atoms with E-state index in [-0.39, 0.29) is 6.61 Å². The van der Waals surface area contributed by atoms with Crippen molar-refractivity contribution in [3.05, 3.63) is 48.3 Å². The maximum Gasteiger partial charge on any atom is 0.232 e. The van der Waals surface area contributed by atoms with Gasteiger partial charge in [-0.1, -0.05) is 0 Å². The minimum atomic E-state index is 0.178. The summed E-state index contributed by atoms with van der Waals surface area (Å²) in [5.41, 5.74) is 0.837. The standard InChI is InChI=1S/C24H30N6O4/c1-17-25-23(28-24(26-17)30-12-10-29(11-13-30)14-15-31)27-18-4-6-19(7-5-18)34-20-8-9-21(32-2)22(16-20)33-3/h4-9,16,31H,10-15H2,1-3H3,(H,25,26,27,28). The summed E-state index contributed by atoms with van der Waals surface area (Å²) in [6.07, 6.45) is 0. The number of β-amino-alcohol motifs (C(OH)–C–C–N with tert-alkyl or cyclic N) is 1. The topological polar surface area (TPSA) is 105 Å². The van der Waals surface area contributed by atoms with Crippen LogP contribution in [0.3, 0.4) is 0 Å². The van der Waals surface area contributed by atoms with Gasteiger partial charge in [0.15, 0.2) is 11.5 Å². The number of hydrogen-bond acceptors (Lipinski definition) is 10. The first kappa shape index (κ1) is 23.5. The summed E-state index contributed by atoms with van der Waals surface area (Å²) < 4.78 is 16.5. The Balaban J connectivity index is 1.40. The number of ether oxygens (including phenoxy) is 3. The van der Waals surface area contributed by atoms with Crippen LogP contribution in [0.2, 0.25) is 0 Å². The summed E-state index contributed by atoms with van der Waals surface area (Å²) in [7, 11) is 3.19. The van der Waals surface area contributed by atoms with E-state index in [0.717, 1.165) is 31.9 Å². The lowest BCUT2D eigenvalue weighted by Crippen LogP contribution is -2.47. The van der Waals surface area contributed by atoms with Crippen LogP contribution in [0.4, 0.5) is 17.6 Å². The zero-order valence-corrected chi connectivity index (χ0v) is 19.7. The molecule has 0 spiro atoms. The van der Waals surface area contributed by atoms with Gasteiger partial charge in [-0.2, -0.15) is 15.0 Å². The molecule has 0 unspecified atom stereocenters. The van der Waals surface area contributed by atoms with Gasteiger partial charge >= 0.3 is 0 Å². The number of nitrogens with zero attached hydrogens (tertiary/aromatic N) is 5. The molecule has 1 fully saturated rings. The average molecular weight is 467 g/mol. The van der Waals surface area contributed by atoms with Crippen molar-refractivity contribution in [3.63, 3.8) is 0 Å². The average Bonchev–Trinajstić information content (AvgIpc) is 2.85. The molecule has 0 amide bonds. The summed E-state index contributed by atoms with van der Waals surface area (Å²) in [6, 6.07) is 13.0. The monoisotopic (exact) mass is 466 g/mol. The Morgan fingerprint density at radius 3 is 2.26 bits per heavy atom. The molecule has 2 aromatic carbocycles. The van der Waals surface area contributed by atoms with Crippen LogP contribution in [0.25, 0.3) is 0 Å². The predicted molar refractivity (Wildman–Crippen MR) is 130 cm³/mol. The van der Waals surface area contributed by atoms with E-state index < -0.39 is 0 Å². The molecule has 10 heteroatoms. The van der Waals surface area contributed by atoms with Crippen LogP contribution in [0.5, 0.6) is 23.0 Å². The first-order chi connectivity index (χ1) is 16.6. The number of methoxy groups -OCH3 is 2. The SMILES string of the molecule is COc1ccc(Oc2ccc(Nc3nc(C)nc(N4CCN(CCO)CC4)n3)cc2)cc1OC. The quantitative estimate of drug-likeness (QED) is 0.489. The fraction of sp³-hybridized carbons (Fsp3) is 0.375. The third kappa shape index (κ3) is 5.83. The summed E-state index contributed by atoms with van der Waals surface area (Å²) in [5, 5.41) is 12.4. The summed E-state index contributed by atoms with van der Waals surface area (Å²) in [6.45, 7) is 6.10. The molecule has 2 heterocycles. The molecule has 34 heavy (non-hydrogen) atoms. The van der Waals surface area contributed by atoms with E-state index in [1.54, 1.807) is 26.4 Å². The fourth-order valence-corrected chi connectivity index (χ4v) is 3.73. The Morgan fingerprint density at radius 2 is 1.59 bits per heavy atom. The second-order valence-corrected chi connectivity index (χ2v) is 7.83. The van der Waals surface area contributed by atoms with Crippen molar-refractivity contribution in [2.45, 2.75) is 6.92 Å². The number of piperazine rings is 1. The van der Waals surface area contributed by atoms with E-state index in [9.17, 15) is 0 Å². The number of aliphatic hydroxyl groups is 1. The highest BCUT2D eigenvalue weighted by molar-refractivity contribution is 5.56. The van der Waals surface area contributed by atoms with Gasteiger partial charge in [-0.15, -0.1) is 0 Å². The second-order valence-electron chi connectivity index (χ2n) is 7.83. The van der Waals surface area contributed by atoms with Crippen molar-refractivity contribution in [2.24, 2.45) is 0 Å². The number of aryl methyl sites for hydroxylation is 1. The molecule has 0 aliphatic carbocycles. The predicted octanol–water partition coefficient (Wildman–Crippen LogP) is 2.85. The number of aromatic nitrogens is 3. The molecule has 0 radical (unpaired) electrons. The summed E-state index contributed by atoms with van der Waals surface area (Å²) in [4.78, 5) is 17.9. The van der Waals surface area contributed by atoms with Crippen LogP contribution < -0.4 is 24.4 Å². The van der Waals surface area contributed by atoms with E-state index in [1.165, 1.54) is 0 Å². The maximum atomic E-state index is 9.13. The van der Waals surface area contributed by atoms with Crippen LogP contribution in [-0.4, -0.2) is 78.5 Å². The van der Waals surface area contributed by atoms with E-state index in [1.807, 2.05) is 37.3 Å². The Labute approximate surface area is 199 Å². The van der Waals surface area contributed by atoms with Crippen molar-refractivity contribution in [3.8, 4) is 23.0 Å². The first-order valence-corrected chi connectivity index (χ1v) is 11.2. The molecule has 180 valence electrons. The molecule has 0 saturated carbocycles. The smallest absolute Gasteiger partial charge is 0.232 e. The first-order valence-electron chi connectivity index (χ1n) is 11.2. The minimum Gasteiger partial charge on any atom is -0.493 e. The number of aliphatic hydroxyl groups excluding tert-OH is 1. The number of nitrogens with one attached hydrogen (secondary N) is 1. The molecule has 2 N–H and O–H groups in total. The zero-order valence-electron chi connectivity index (χ0n) is 19.7. The molecule has 3 aromatic rings. The Kier molecular flexibility index (Phi) is 7.61. The van der Waals surface area contributed by atoms with Gasteiger partial charge in [0, 0.05) is 44.5 Å². The number of hydrogen-bond donors (Lipinski definition) is 2. The normalized spacial score (nSPS) is 14.1. The molecule has 4 rings (SSSR count). The third-order valence-corrected chi connectivity index (χ3v) is 5.51. The van der Waals surface area contributed by atoms with Crippen molar-refractivity contribution < 1.29 is 19.3 Å². The van der Waals surface area contributed by atoms with Crippen molar-refractivity contribution >= 4 is 17.6 Å². The number of benzene rings is 2. The van der Waals surface area contributed by atoms with Gasteiger partial charge in [0.1, 0.15) is 17.3 Å². The number of rotatable bonds is 9. The van der Waals surface area contributed by atoms with Gasteiger partial charge in [-0.25, -0.2) is 0 Å². The minimum absolute atomic E-state index is 0.178. The molecule has 10 nitrogen and oxygen atoms in total. The Bertz CT molecular complexity index is 1090. The van der Waals surface area contributed by atoms with E-state index in [4.69, 9.17) is 19.3 Å². The Hall–Kier alpha value is -3.63. The molecule has 1 aliphatic heterocycles. The second kappa shape index (κ2) is 11.0. The lowest BCUT2D eigenvalue weighted by atomic mass is 10.3. The highest BCUT2D eigenvalue weighted by Gasteiger charge is 2.19. The highest BCUT2D eigenvalue weighted by atomic mass is 16.5. The van der Waals surface area contributed by atoms with Crippen LogP contribution in [0, 0.1) is 6.92 Å². The van der Waals surface area contributed by atoms with Gasteiger partial charge in [-0.3, -0.25) is 4.90 Å². The van der Waals surface area contributed by atoms with Gasteiger partial charge in [0.2, 0.25) is 11.9 Å². The summed E-state index contributed by atoms with van der Waals surface area (Å²) >= 11 is 0. The number of anilines is 3. The van der Waals surface area contributed by atoms with Gasteiger partial charge in [0.25, 0.3) is 0 Å². The third-order valence-electron chi connectivity index (χ3n) is 5.51. The lowest BCUT2D eigenvalue weighted by molar-refractivity contribution is 0.188. The van der Waals surface area contributed by atoms with Crippen LogP contribution in [0.15, 0.2) is 42.5 Å². The van der Waals surface area contributed by atoms with Gasteiger partial charge in [-0.05, 0) is 43.3 Å². The fourth-order valence-electron chi connectivity index (χ4n) is 3.73. The van der Waals surface area contributed by atoms with E-state index >= 15 is 0 Å². The lowest BCUT2D eigenvalue weighted by Gasteiger charge is -2.34. The molecule has 0 bridgehead atoms.